The summed E-state index contributed by atoms with van der Waals surface area (Å²) in [6.45, 7) is 3.80. The van der Waals surface area contributed by atoms with Crippen molar-refractivity contribution < 1.29 is 4.74 Å². The largest absolute Gasteiger partial charge is 0.493 e. The van der Waals surface area contributed by atoms with E-state index in [1.807, 2.05) is 26.2 Å². The Kier molecular flexibility index (Phi) is 3.70. The average molecular weight is 268 g/mol. The van der Waals surface area contributed by atoms with E-state index in [2.05, 4.69) is 34.6 Å². The van der Waals surface area contributed by atoms with Crippen LogP contribution in [0.25, 0.3) is 11.1 Å². The Labute approximate surface area is 120 Å². The molecular weight excluding hydrogens is 248 g/mol. The van der Waals surface area contributed by atoms with E-state index in [0.29, 0.717) is 5.92 Å². The number of aryl methyl sites for hydroxylation is 1. The summed E-state index contributed by atoms with van der Waals surface area (Å²) >= 11 is 0. The molecule has 20 heavy (non-hydrogen) atoms. The van der Waals surface area contributed by atoms with Gasteiger partial charge < -0.3 is 10.1 Å². The zero-order valence-corrected chi connectivity index (χ0v) is 12.0. The van der Waals surface area contributed by atoms with E-state index < -0.39 is 0 Å². The highest BCUT2D eigenvalue weighted by Gasteiger charge is 2.23. The Bertz CT molecular complexity index is 610. The molecule has 2 aromatic rings. The summed E-state index contributed by atoms with van der Waals surface area (Å²) in [5, 5.41) is 3.28. The second-order valence-electron chi connectivity index (χ2n) is 5.30. The van der Waals surface area contributed by atoms with Crippen LogP contribution < -0.4 is 10.1 Å². The summed E-state index contributed by atoms with van der Waals surface area (Å²) in [4.78, 5) is 4.27. The van der Waals surface area contributed by atoms with Crippen molar-refractivity contribution in [3.8, 4) is 16.9 Å². The van der Waals surface area contributed by atoms with Gasteiger partial charge in [-0.25, -0.2) is 0 Å². The first-order valence-electron chi connectivity index (χ1n) is 7.13. The van der Waals surface area contributed by atoms with Gasteiger partial charge in [0.2, 0.25) is 0 Å². The molecule has 1 atom stereocenters. The van der Waals surface area contributed by atoms with E-state index in [1.165, 1.54) is 16.7 Å². The van der Waals surface area contributed by atoms with Crippen LogP contribution in [0, 0.1) is 6.92 Å². The van der Waals surface area contributed by atoms with Crippen LogP contribution >= 0.6 is 0 Å². The molecule has 0 unspecified atom stereocenters. The molecule has 1 aromatic carbocycles. The van der Waals surface area contributed by atoms with Crippen LogP contribution in [0.5, 0.6) is 5.75 Å². The number of hydrogen-bond donors (Lipinski definition) is 1. The first-order valence-corrected chi connectivity index (χ1v) is 7.13. The Morgan fingerprint density at radius 3 is 3.05 bits per heavy atom. The lowest BCUT2D eigenvalue weighted by Crippen LogP contribution is -2.23. The second-order valence-corrected chi connectivity index (χ2v) is 5.30. The molecule has 1 aliphatic heterocycles. The molecule has 0 fully saturated rings. The smallest absolute Gasteiger partial charge is 0.130 e. The zero-order chi connectivity index (χ0) is 13.9. The predicted molar refractivity (Wildman–Crippen MR) is 81.2 cm³/mol. The lowest BCUT2D eigenvalue weighted by molar-refractivity contribution is 0.267. The van der Waals surface area contributed by atoms with E-state index in [1.54, 1.807) is 0 Å². The average Bonchev–Trinajstić information content (AvgIpc) is 2.47. The zero-order valence-electron chi connectivity index (χ0n) is 12.0. The number of nitrogens with one attached hydrogen (secondary N) is 1. The molecule has 0 spiro atoms. The van der Waals surface area contributed by atoms with Crippen molar-refractivity contribution in [1.82, 2.24) is 10.3 Å². The Hall–Kier alpha value is -1.87. The van der Waals surface area contributed by atoms with E-state index in [4.69, 9.17) is 4.74 Å². The SMILES string of the molecule is CNC[C@H]1CCOc2c(-c3ccnc(C)c3)cccc21. The first kappa shape index (κ1) is 13.1. The van der Waals surface area contributed by atoms with Gasteiger partial charge in [-0.1, -0.05) is 18.2 Å². The summed E-state index contributed by atoms with van der Waals surface area (Å²) in [5.41, 5.74) is 4.70. The molecule has 3 nitrogen and oxygen atoms in total. The number of para-hydroxylation sites is 1. The number of rotatable bonds is 3. The van der Waals surface area contributed by atoms with Gasteiger partial charge in [0.05, 0.1) is 6.61 Å². The van der Waals surface area contributed by atoms with Gasteiger partial charge in [0.25, 0.3) is 0 Å². The molecule has 0 saturated heterocycles. The summed E-state index contributed by atoms with van der Waals surface area (Å²) in [6, 6.07) is 10.6. The number of ether oxygens (including phenoxy) is 1. The molecule has 1 N–H and O–H groups in total. The summed E-state index contributed by atoms with van der Waals surface area (Å²) in [6.07, 6.45) is 2.94. The van der Waals surface area contributed by atoms with Gasteiger partial charge in [-0.2, -0.15) is 0 Å². The van der Waals surface area contributed by atoms with Crippen LogP contribution in [-0.4, -0.2) is 25.2 Å². The second kappa shape index (κ2) is 5.63. The van der Waals surface area contributed by atoms with Gasteiger partial charge in [-0.15, -0.1) is 0 Å². The molecule has 0 bridgehead atoms. The van der Waals surface area contributed by atoms with Crippen LogP contribution in [0.1, 0.15) is 23.6 Å². The van der Waals surface area contributed by atoms with Crippen LogP contribution in [0.4, 0.5) is 0 Å². The Balaban J connectivity index is 2.07. The van der Waals surface area contributed by atoms with Gasteiger partial charge >= 0.3 is 0 Å². The molecule has 3 heteroatoms. The maximum absolute atomic E-state index is 5.98. The number of benzene rings is 1. The topological polar surface area (TPSA) is 34.1 Å². The normalized spacial score (nSPS) is 17.4. The lowest BCUT2D eigenvalue weighted by Gasteiger charge is -2.27. The van der Waals surface area contributed by atoms with Gasteiger partial charge in [-0.05, 0) is 43.7 Å². The van der Waals surface area contributed by atoms with Gasteiger partial charge in [-0.3, -0.25) is 4.98 Å². The molecule has 2 heterocycles. The van der Waals surface area contributed by atoms with Crippen molar-refractivity contribution in [3.05, 3.63) is 47.8 Å². The highest BCUT2D eigenvalue weighted by Crippen LogP contribution is 2.40. The number of nitrogens with zero attached hydrogens (tertiary/aromatic N) is 1. The third-order valence-corrected chi connectivity index (χ3v) is 3.86. The molecule has 1 aliphatic rings. The number of likely N-dealkylation sites (N-methyl/N-ethyl adjacent to an activating group) is 1. The summed E-state index contributed by atoms with van der Waals surface area (Å²) in [7, 11) is 2.01. The third kappa shape index (κ3) is 2.41. The molecule has 0 saturated carbocycles. The lowest BCUT2D eigenvalue weighted by atomic mass is 9.89. The van der Waals surface area contributed by atoms with Crippen LogP contribution in [0.2, 0.25) is 0 Å². The number of pyridine rings is 1. The third-order valence-electron chi connectivity index (χ3n) is 3.86. The van der Waals surface area contributed by atoms with Crippen LogP contribution in [0.3, 0.4) is 0 Å². The first-order chi connectivity index (χ1) is 9.79. The van der Waals surface area contributed by atoms with E-state index in [9.17, 15) is 0 Å². The van der Waals surface area contributed by atoms with E-state index in [-0.39, 0.29) is 0 Å². The highest BCUT2D eigenvalue weighted by atomic mass is 16.5. The fraction of sp³-hybridized carbons (Fsp3) is 0.353. The van der Waals surface area contributed by atoms with Crippen molar-refractivity contribution in [1.29, 1.82) is 0 Å². The Morgan fingerprint density at radius 1 is 1.35 bits per heavy atom. The molecule has 104 valence electrons. The minimum Gasteiger partial charge on any atom is -0.493 e. The Morgan fingerprint density at radius 2 is 2.25 bits per heavy atom. The van der Waals surface area contributed by atoms with Crippen molar-refractivity contribution in [2.24, 2.45) is 0 Å². The minimum absolute atomic E-state index is 0.534. The van der Waals surface area contributed by atoms with Crippen molar-refractivity contribution in [2.75, 3.05) is 20.2 Å². The fourth-order valence-electron chi connectivity index (χ4n) is 2.90. The fourth-order valence-corrected chi connectivity index (χ4v) is 2.90. The highest BCUT2D eigenvalue weighted by molar-refractivity contribution is 5.73. The monoisotopic (exact) mass is 268 g/mol. The minimum atomic E-state index is 0.534. The molecule has 0 radical (unpaired) electrons. The van der Waals surface area contributed by atoms with Crippen molar-refractivity contribution >= 4 is 0 Å². The number of fused-ring (bicyclic) bond motifs is 1. The molecular formula is C17H20N2O. The standard InChI is InChI=1S/C17H20N2O/c1-12-10-13(6-8-19-12)15-4-3-5-16-14(11-18-2)7-9-20-17(15)16/h3-6,8,10,14,18H,7,9,11H2,1-2H3/t14-/m1/s1. The molecule has 0 aliphatic carbocycles. The van der Waals surface area contributed by atoms with Crippen LogP contribution in [0.15, 0.2) is 36.5 Å². The van der Waals surface area contributed by atoms with E-state index >= 15 is 0 Å². The van der Waals surface area contributed by atoms with Crippen LogP contribution in [-0.2, 0) is 0 Å². The number of aromatic nitrogens is 1. The van der Waals surface area contributed by atoms with Gasteiger partial charge in [0.1, 0.15) is 5.75 Å². The van der Waals surface area contributed by atoms with Gasteiger partial charge in [0, 0.05) is 29.9 Å². The summed E-state index contributed by atoms with van der Waals surface area (Å²) < 4.78 is 5.98. The van der Waals surface area contributed by atoms with Gasteiger partial charge in [0.15, 0.2) is 0 Å². The van der Waals surface area contributed by atoms with E-state index in [0.717, 1.165) is 31.0 Å². The maximum Gasteiger partial charge on any atom is 0.130 e. The molecule has 0 amide bonds. The maximum atomic E-state index is 5.98. The van der Waals surface area contributed by atoms with Crippen molar-refractivity contribution in [3.63, 3.8) is 0 Å². The molecule has 1 aromatic heterocycles. The number of hydrogen-bond acceptors (Lipinski definition) is 3. The predicted octanol–water partition coefficient (Wildman–Crippen LogP) is 3.14. The molecule has 3 rings (SSSR count). The summed E-state index contributed by atoms with van der Waals surface area (Å²) in [5.74, 6) is 1.58. The van der Waals surface area contributed by atoms with Crippen molar-refractivity contribution in [2.45, 2.75) is 19.3 Å². The quantitative estimate of drug-likeness (QED) is 0.928.